The Morgan fingerprint density at radius 1 is 1.62 bits per heavy atom. The number of unbranched alkanes of at least 4 members (excludes halogenated alkanes) is 1. The first-order chi connectivity index (χ1) is 3.81. The smallest absolute Gasteiger partial charge is 0.158 e. The number of aliphatic hydroxyl groups excluding tert-OH is 1. The van der Waals surface area contributed by atoms with Crippen LogP contribution in [-0.2, 0) is 4.79 Å². The van der Waals surface area contributed by atoms with Crippen molar-refractivity contribution in [3.8, 4) is 0 Å². The quantitative estimate of drug-likeness (QED) is 0.588. The third-order valence-corrected chi connectivity index (χ3v) is 0.986. The van der Waals surface area contributed by atoms with Crippen LogP contribution < -0.4 is 0 Å². The summed E-state index contributed by atoms with van der Waals surface area (Å²) in [7, 11) is 0. The second kappa shape index (κ2) is 4.78. The van der Waals surface area contributed by atoms with Gasteiger partial charge in [-0.05, 0) is 6.42 Å². The molecule has 0 heterocycles. The lowest BCUT2D eigenvalue weighted by Crippen LogP contribution is -2.01. The largest absolute Gasteiger partial charge is 0.389 e. The second-order valence-corrected chi connectivity index (χ2v) is 1.80. The van der Waals surface area contributed by atoms with Crippen LogP contribution in [0.1, 0.15) is 26.2 Å². The third kappa shape index (κ3) is 3.81. The van der Waals surface area contributed by atoms with Crippen molar-refractivity contribution in [1.29, 1.82) is 0 Å². The highest BCUT2D eigenvalue weighted by Gasteiger charge is 1.94. The number of carbonyl (C=O) groups is 1. The number of hydrogen-bond donors (Lipinski definition) is 1. The van der Waals surface area contributed by atoms with Gasteiger partial charge in [0.15, 0.2) is 5.78 Å². The molecule has 0 saturated heterocycles. The predicted octanol–water partition coefficient (Wildman–Crippen LogP) is 0.738. The van der Waals surface area contributed by atoms with E-state index in [2.05, 4.69) is 0 Å². The first kappa shape index (κ1) is 7.63. The third-order valence-electron chi connectivity index (χ3n) is 0.986. The van der Waals surface area contributed by atoms with Gasteiger partial charge in [-0.1, -0.05) is 13.3 Å². The fourth-order valence-corrected chi connectivity index (χ4v) is 0.453. The highest BCUT2D eigenvalue weighted by molar-refractivity contribution is 5.79. The average Bonchev–Trinajstić information content (AvgIpc) is 1.83. The van der Waals surface area contributed by atoms with E-state index in [-0.39, 0.29) is 12.4 Å². The number of Topliss-reactive ketones (excluding diaryl/α,β-unsaturated/α-hetero) is 1. The molecule has 0 aromatic carbocycles. The van der Waals surface area contributed by atoms with E-state index in [0.717, 1.165) is 12.8 Å². The van der Waals surface area contributed by atoms with Crippen molar-refractivity contribution in [3.63, 3.8) is 0 Å². The van der Waals surface area contributed by atoms with E-state index in [1.165, 1.54) is 0 Å². The Bertz CT molecular complexity index is 68.9. The second-order valence-electron chi connectivity index (χ2n) is 1.80. The summed E-state index contributed by atoms with van der Waals surface area (Å²) in [5.74, 6) is -0.0492. The van der Waals surface area contributed by atoms with E-state index in [0.29, 0.717) is 6.42 Å². The van der Waals surface area contributed by atoms with Crippen molar-refractivity contribution < 1.29 is 9.90 Å². The van der Waals surface area contributed by atoms with Crippen LogP contribution in [0.3, 0.4) is 0 Å². The Morgan fingerprint density at radius 2 is 2.25 bits per heavy atom. The molecule has 2 nitrogen and oxygen atoms in total. The number of carbonyl (C=O) groups excluding carboxylic acids is 1. The Labute approximate surface area is 49.5 Å². The lowest BCUT2D eigenvalue weighted by Gasteiger charge is -1.90. The molecule has 0 aromatic heterocycles. The molecule has 1 N–H and O–H groups in total. The van der Waals surface area contributed by atoms with E-state index >= 15 is 0 Å². The highest BCUT2D eigenvalue weighted by Crippen LogP contribution is 1.93. The standard InChI is InChI=1S/C6H12O2/c1-2-3-4-6(8)5-7/h7H,2-5H2,1H3. The molecule has 8 heavy (non-hydrogen) atoms. The summed E-state index contributed by atoms with van der Waals surface area (Å²) in [6, 6.07) is 0. The first-order valence-corrected chi connectivity index (χ1v) is 2.93. The van der Waals surface area contributed by atoms with Crippen LogP contribution >= 0.6 is 0 Å². The van der Waals surface area contributed by atoms with Gasteiger partial charge in [0.05, 0.1) is 0 Å². The summed E-state index contributed by atoms with van der Waals surface area (Å²) in [6.07, 6.45) is 2.46. The number of ketones is 1. The van der Waals surface area contributed by atoms with Gasteiger partial charge in [-0.2, -0.15) is 0 Å². The van der Waals surface area contributed by atoms with E-state index in [1.807, 2.05) is 6.92 Å². The molecule has 0 fully saturated rings. The van der Waals surface area contributed by atoms with Crippen LogP contribution in [0.4, 0.5) is 0 Å². The molecular weight excluding hydrogens is 104 g/mol. The average molecular weight is 116 g/mol. The van der Waals surface area contributed by atoms with Crippen LogP contribution in [0.25, 0.3) is 0 Å². The lowest BCUT2D eigenvalue weighted by atomic mass is 10.2. The van der Waals surface area contributed by atoms with Crippen molar-refractivity contribution in [1.82, 2.24) is 0 Å². The Kier molecular flexibility index (Phi) is 4.56. The molecule has 0 atom stereocenters. The highest BCUT2D eigenvalue weighted by atomic mass is 16.3. The van der Waals surface area contributed by atoms with Gasteiger partial charge in [0.2, 0.25) is 0 Å². The molecule has 0 amide bonds. The molecule has 0 aliphatic rings. The maximum Gasteiger partial charge on any atom is 0.158 e. The van der Waals surface area contributed by atoms with Crippen molar-refractivity contribution in [2.45, 2.75) is 26.2 Å². The summed E-state index contributed by atoms with van der Waals surface area (Å²) < 4.78 is 0. The molecule has 48 valence electrons. The summed E-state index contributed by atoms with van der Waals surface area (Å²) >= 11 is 0. The topological polar surface area (TPSA) is 37.3 Å². The summed E-state index contributed by atoms with van der Waals surface area (Å²) in [5, 5.41) is 8.21. The van der Waals surface area contributed by atoms with Gasteiger partial charge in [-0.15, -0.1) is 0 Å². The molecule has 0 aromatic rings. The van der Waals surface area contributed by atoms with Gasteiger partial charge in [0.25, 0.3) is 0 Å². The zero-order chi connectivity index (χ0) is 6.41. The molecule has 0 bridgehead atoms. The lowest BCUT2D eigenvalue weighted by molar-refractivity contribution is -0.121. The zero-order valence-corrected chi connectivity index (χ0v) is 5.18. The molecule has 0 rings (SSSR count). The molecule has 0 radical (unpaired) electrons. The monoisotopic (exact) mass is 116 g/mol. The summed E-state index contributed by atoms with van der Waals surface area (Å²) in [5.41, 5.74) is 0. The van der Waals surface area contributed by atoms with Crippen LogP contribution in [0.5, 0.6) is 0 Å². The Hall–Kier alpha value is -0.370. The molecular formula is C6H12O2. The van der Waals surface area contributed by atoms with Crippen LogP contribution in [-0.4, -0.2) is 17.5 Å². The molecule has 2 heteroatoms. The van der Waals surface area contributed by atoms with E-state index in [9.17, 15) is 4.79 Å². The van der Waals surface area contributed by atoms with Gasteiger partial charge in [-0.3, -0.25) is 4.79 Å². The van der Waals surface area contributed by atoms with Crippen molar-refractivity contribution >= 4 is 5.78 Å². The van der Waals surface area contributed by atoms with Crippen LogP contribution in [0.15, 0.2) is 0 Å². The van der Waals surface area contributed by atoms with Gasteiger partial charge in [0.1, 0.15) is 6.61 Å². The van der Waals surface area contributed by atoms with Crippen molar-refractivity contribution in [2.75, 3.05) is 6.61 Å². The van der Waals surface area contributed by atoms with Crippen molar-refractivity contribution in [3.05, 3.63) is 0 Å². The van der Waals surface area contributed by atoms with Gasteiger partial charge in [-0.25, -0.2) is 0 Å². The number of hydrogen-bond acceptors (Lipinski definition) is 2. The van der Waals surface area contributed by atoms with E-state index in [4.69, 9.17) is 5.11 Å². The van der Waals surface area contributed by atoms with Gasteiger partial charge < -0.3 is 5.11 Å². The van der Waals surface area contributed by atoms with Gasteiger partial charge in [0, 0.05) is 6.42 Å². The molecule has 0 saturated carbocycles. The zero-order valence-electron chi connectivity index (χ0n) is 5.18. The summed E-state index contributed by atoms with van der Waals surface area (Å²) in [6.45, 7) is 1.73. The number of rotatable bonds is 4. The minimum Gasteiger partial charge on any atom is -0.389 e. The fraction of sp³-hybridized carbons (Fsp3) is 0.833. The fourth-order valence-electron chi connectivity index (χ4n) is 0.453. The van der Waals surface area contributed by atoms with Crippen LogP contribution in [0.2, 0.25) is 0 Å². The maximum absolute atomic E-state index is 10.3. The van der Waals surface area contributed by atoms with Crippen molar-refractivity contribution in [2.24, 2.45) is 0 Å². The van der Waals surface area contributed by atoms with Gasteiger partial charge >= 0.3 is 0 Å². The molecule has 0 aliphatic carbocycles. The predicted molar refractivity (Wildman–Crippen MR) is 31.6 cm³/mol. The molecule has 0 spiro atoms. The van der Waals surface area contributed by atoms with Crippen LogP contribution in [0, 0.1) is 0 Å². The van der Waals surface area contributed by atoms with E-state index in [1.54, 1.807) is 0 Å². The first-order valence-electron chi connectivity index (χ1n) is 2.93. The minimum atomic E-state index is -0.292. The normalized spacial score (nSPS) is 9.25. The Balaban J connectivity index is 2.99. The van der Waals surface area contributed by atoms with E-state index < -0.39 is 0 Å². The molecule has 0 aliphatic heterocycles. The Morgan fingerprint density at radius 3 is 2.62 bits per heavy atom. The minimum absolute atomic E-state index is 0.0492. The summed E-state index contributed by atoms with van der Waals surface area (Å²) in [4.78, 5) is 10.3. The number of aliphatic hydroxyl groups is 1. The SMILES string of the molecule is CCCCC(=O)CO. The maximum atomic E-state index is 10.3. The molecule has 0 unspecified atom stereocenters.